The summed E-state index contributed by atoms with van der Waals surface area (Å²) in [6, 6.07) is -4.69. The Labute approximate surface area is 210 Å². The summed E-state index contributed by atoms with van der Waals surface area (Å²) >= 11 is 0. The number of carboxylic acids is 2. The predicted octanol–water partition coefficient (Wildman–Crippen LogP) is -1.38. The summed E-state index contributed by atoms with van der Waals surface area (Å²) in [6.07, 6.45) is 1.80. The third kappa shape index (κ3) is 12.9. The number of aliphatic carboxylic acids is 2. The molecule has 0 aliphatic rings. The smallest absolute Gasteiger partial charge is 0.326 e. The van der Waals surface area contributed by atoms with Crippen LogP contribution in [-0.4, -0.2) is 76.5 Å². The normalized spacial score (nSPS) is 14.9. The molecule has 0 aromatic carbocycles. The number of rotatable bonds is 18. The van der Waals surface area contributed by atoms with E-state index in [4.69, 9.17) is 22.3 Å². The lowest BCUT2D eigenvalue weighted by Crippen LogP contribution is -2.58. The molecule has 206 valence electrons. The molecule has 5 atom stereocenters. The first-order chi connectivity index (χ1) is 16.8. The minimum Gasteiger partial charge on any atom is -0.481 e. The van der Waals surface area contributed by atoms with Crippen LogP contribution in [0.15, 0.2) is 4.99 Å². The van der Waals surface area contributed by atoms with Crippen molar-refractivity contribution < 1.29 is 34.2 Å². The summed E-state index contributed by atoms with van der Waals surface area (Å²) in [5.41, 5.74) is 16.1. The molecule has 36 heavy (non-hydrogen) atoms. The largest absolute Gasteiger partial charge is 0.481 e. The number of nitrogens with two attached hydrogens (primary N) is 3. The zero-order valence-corrected chi connectivity index (χ0v) is 21.2. The van der Waals surface area contributed by atoms with Gasteiger partial charge in [0.25, 0.3) is 0 Å². The number of hydrogen-bond acceptors (Lipinski definition) is 7. The molecule has 14 nitrogen and oxygen atoms in total. The van der Waals surface area contributed by atoms with Gasteiger partial charge in [0.2, 0.25) is 17.7 Å². The van der Waals surface area contributed by atoms with E-state index >= 15 is 0 Å². The fourth-order valence-electron chi connectivity index (χ4n) is 3.21. The summed E-state index contributed by atoms with van der Waals surface area (Å²) in [5, 5.41) is 25.9. The number of carboxylic acid groups (broad SMARTS) is 2. The Morgan fingerprint density at radius 1 is 0.861 bits per heavy atom. The zero-order valence-electron chi connectivity index (χ0n) is 21.2. The number of unbranched alkanes of at least 4 members (excludes halogenated alkanes) is 1. The average Bonchev–Trinajstić information content (AvgIpc) is 2.80. The van der Waals surface area contributed by atoms with Gasteiger partial charge in [-0.25, -0.2) is 4.79 Å². The number of carbonyl (C=O) groups is 5. The quantitative estimate of drug-likeness (QED) is 0.0602. The topological polar surface area (TPSA) is 252 Å². The summed E-state index contributed by atoms with van der Waals surface area (Å²) in [6.45, 7) is 5.60. The van der Waals surface area contributed by atoms with Gasteiger partial charge in [-0.1, -0.05) is 40.0 Å². The lowest BCUT2D eigenvalue weighted by atomic mass is 9.97. The fourth-order valence-corrected chi connectivity index (χ4v) is 3.21. The van der Waals surface area contributed by atoms with Crippen molar-refractivity contribution in [2.45, 2.75) is 89.9 Å². The van der Waals surface area contributed by atoms with Gasteiger partial charge in [-0.15, -0.1) is 0 Å². The van der Waals surface area contributed by atoms with Crippen LogP contribution >= 0.6 is 0 Å². The van der Waals surface area contributed by atoms with Gasteiger partial charge in [0.1, 0.15) is 18.1 Å². The first kappa shape index (κ1) is 32.6. The molecule has 14 heteroatoms. The van der Waals surface area contributed by atoms with Crippen molar-refractivity contribution in [1.82, 2.24) is 16.0 Å². The molecule has 0 fully saturated rings. The number of nitrogens with zero attached hydrogens (tertiary/aromatic N) is 1. The van der Waals surface area contributed by atoms with E-state index in [2.05, 4.69) is 20.9 Å². The number of amides is 3. The third-order valence-corrected chi connectivity index (χ3v) is 5.56. The van der Waals surface area contributed by atoms with Crippen molar-refractivity contribution in [2.24, 2.45) is 28.1 Å². The molecular weight excluding hydrogens is 474 g/mol. The van der Waals surface area contributed by atoms with E-state index in [0.717, 1.165) is 6.42 Å². The maximum Gasteiger partial charge on any atom is 0.326 e. The van der Waals surface area contributed by atoms with E-state index in [1.165, 1.54) is 0 Å². The van der Waals surface area contributed by atoms with E-state index in [0.29, 0.717) is 19.3 Å². The van der Waals surface area contributed by atoms with Crippen LogP contribution in [0.25, 0.3) is 0 Å². The van der Waals surface area contributed by atoms with E-state index in [-0.39, 0.29) is 31.3 Å². The van der Waals surface area contributed by atoms with Crippen molar-refractivity contribution in [2.75, 3.05) is 6.54 Å². The molecule has 0 saturated heterocycles. The number of guanidine groups is 1. The average molecular weight is 516 g/mol. The molecular formula is C22H41N7O7. The van der Waals surface area contributed by atoms with Crippen LogP contribution in [0.4, 0.5) is 0 Å². The van der Waals surface area contributed by atoms with Gasteiger partial charge >= 0.3 is 11.9 Å². The fraction of sp³-hybridized carbons (Fsp3) is 0.727. The molecule has 0 heterocycles. The first-order valence-electron chi connectivity index (χ1n) is 12.0. The van der Waals surface area contributed by atoms with Crippen LogP contribution < -0.4 is 33.2 Å². The van der Waals surface area contributed by atoms with Crippen molar-refractivity contribution in [3.63, 3.8) is 0 Å². The van der Waals surface area contributed by atoms with Gasteiger partial charge < -0.3 is 43.4 Å². The van der Waals surface area contributed by atoms with Crippen LogP contribution in [-0.2, 0) is 24.0 Å². The number of nitrogens with one attached hydrogen (secondary N) is 3. The molecule has 0 aliphatic carbocycles. The van der Waals surface area contributed by atoms with E-state index in [1.54, 1.807) is 13.8 Å². The lowest BCUT2D eigenvalue weighted by Gasteiger charge is -2.28. The lowest BCUT2D eigenvalue weighted by molar-refractivity contribution is -0.142. The third-order valence-electron chi connectivity index (χ3n) is 5.56. The summed E-state index contributed by atoms with van der Waals surface area (Å²) in [7, 11) is 0. The van der Waals surface area contributed by atoms with Crippen molar-refractivity contribution in [3.05, 3.63) is 0 Å². The van der Waals surface area contributed by atoms with Crippen molar-refractivity contribution in [3.8, 4) is 0 Å². The molecule has 3 amide bonds. The maximum absolute atomic E-state index is 13.1. The predicted molar refractivity (Wildman–Crippen MR) is 133 cm³/mol. The number of aliphatic imine (C=N–C) groups is 1. The monoisotopic (exact) mass is 515 g/mol. The van der Waals surface area contributed by atoms with Crippen LogP contribution in [0.5, 0.6) is 0 Å². The van der Waals surface area contributed by atoms with E-state index in [1.807, 2.05) is 6.92 Å². The maximum atomic E-state index is 13.1. The van der Waals surface area contributed by atoms with Gasteiger partial charge in [-0.3, -0.25) is 24.2 Å². The van der Waals surface area contributed by atoms with Gasteiger partial charge in [0.15, 0.2) is 5.96 Å². The molecule has 11 N–H and O–H groups in total. The Balaban J connectivity index is 5.48. The highest BCUT2D eigenvalue weighted by molar-refractivity contribution is 5.94. The molecule has 0 aliphatic heterocycles. The second-order valence-electron chi connectivity index (χ2n) is 8.63. The number of carbonyl (C=O) groups excluding carboxylic acids is 3. The Morgan fingerprint density at radius 2 is 1.44 bits per heavy atom. The molecule has 0 bridgehead atoms. The second kappa shape index (κ2) is 17.1. The van der Waals surface area contributed by atoms with Crippen LogP contribution in [0, 0.1) is 5.92 Å². The molecule has 0 aromatic heterocycles. The SMILES string of the molecule is CCCC[C@H](NC(=O)[C@@H](NC(=O)[C@@H](N)CC(=O)O)[C@@H](C)CC)C(=O)N[C@H](CCCN=C(N)N)C(=O)O. The Kier molecular flexibility index (Phi) is 15.5. The summed E-state index contributed by atoms with van der Waals surface area (Å²) in [4.78, 5) is 64.6. The minimum absolute atomic E-state index is 0.0688. The first-order valence-corrected chi connectivity index (χ1v) is 12.0. The second-order valence-corrected chi connectivity index (χ2v) is 8.63. The molecule has 0 saturated carbocycles. The summed E-state index contributed by atoms with van der Waals surface area (Å²) in [5.74, 6) is -5.13. The van der Waals surface area contributed by atoms with Gasteiger partial charge in [-0.05, 0) is 25.2 Å². The van der Waals surface area contributed by atoms with Crippen molar-refractivity contribution in [1.29, 1.82) is 0 Å². The van der Waals surface area contributed by atoms with Crippen molar-refractivity contribution >= 4 is 35.6 Å². The molecule has 0 radical (unpaired) electrons. The van der Waals surface area contributed by atoms with E-state index < -0.39 is 60.2 Å². The summed E-state index contributed by atoms with van der Waals surface area (Å²) < 4.78 is 0. The van der Waals surface area contributed by atoms with Crippen LogP contribution in [0.3, 0.4) is 0 Å². The highest BCUT2D eigenvalue weighted by Crippen LogP contribution is 2.11. The Bertz CT molecular complexity index is 787. The van der Waals surface area contributed by atoms with Crippen LogP contribution in [0.1, 0.15) is 65.7 Å². The Hall–Kier alpha value is -3.42. The van der Waals surface area contributed by atoms with E-state index in [9.17, 15) is 29.1 Å². The van der Waals surface area contributed by atoms with Gasteiger partial charge in [0.05, 0.1) is 12.5 Å². The standard InChI is InChI=1S/C22H41N7O7/c1-4-6-8-14(19(33)28-15(21(35)36)9-7-10-26-22(24)25)27-20(34)17(12(3)5-2)29-18(32)13(23)11-16(30)31/h12-15,17H,4-11,23H2,1-3H3,(H,27,34)(H,28,33)(H,29,32)(H,30,31)(H,35,36)(H4,24,25,26)/t12-,13-,14-,15+,17-/m0/s1. The minimum atomic E-state index is -1.35. The highest BCUT2D eigenvalue weighted by atomic mass is 16.4. The molecule has 0 unspecified atom stereocenters. The molecule has 0 aromatic rings. The zero-order chi connectivity index (χ0) is 27.8. The van der Waals surface area contributed by atoms with Gasteiger partial charge in [-0.2, -0.15) is 0 Å². The van der Waals surface area contributed by atoms with Gasteiger partial charge in [0, 0.05) is 6.54 Å². The van der Waals surface area contributed by atoms with Crippen LogP contribution in [0.2, 0.25) is 0 Å². The highest BCUT2D eigenvalue weighted by Gasteiger charge is 2.32. The molecule has 0 spiro atoms. The molecule has 0 rings (SSSR count). The number of hydrogen-bond donors (Lipinski definition) is 8. The Morgan fingerprint density at radius 3 is 1.94 bits per heavy atom.